The first-order valence-electron chi connectivity index (χ1n) is 7.68. The second-order valence-corrected chi connectivity index (χ2v) is 5.37. The third kappa shape index (κ3) is 2.91. The molecule has 0 spiro atoms. The lowest BCUT2D eigenvalue weighted by Crippen LogP contribution is -2.25. The molecule has 1 N–H and O–H groups in total. The van der Waals surface area contributed by atoms with Crippen molar-refractivity contribution in [2.45, 2.75) is 32.9 Å². The number of nitrogens with zero attached hydrogens (tertiary/aromatic N) is 1. The first-order chi connectivity index (χ1) is 10.8. The Kier molecular flexibility index (Phi) is 4.28. The van der Waals surface area contributed by atoms with Gasteiger partial charge in [0.25, 0.3) is 5.91 Å². The van der Waals surface area contributed by atoms with E-state index in [9.17, 15) is 4.79 Å². The van der Waals surface area contributed by atoms with Crippen LogP contribution in [0.4, 0.5) is 0 Å². The molecule has 4 nitrogen and oxygen atoms in total. The van der Waals surface area contributed by atoms with Crippen molar-refractivity contribution in [1.82, 2.24) is 9.88 Å². The van der Waals surface area contributed by atoms with E-state index in [4.69, 9.17) is 4.42 Å². The van der Waals surface area contributed by atoms with Gasteiger partial charge in [-0.3, -0.25) is 4.79 Å². The number of benzene rings is 1. The highest BCUT2D eigenvalue weighted by molar-refractivity contribution is 5.97. The van der Waals surface area contributed by atoms with Crippen LogP contribution in [-0.2, 0) is 13.1 Å². The number of carbonyl (C=O) groups excluding carboxylic acids is 1. The number of aromatic nitrogens is 1. The number of unbranched alkanes of at least 4 members (excludes halogenated alkanes) is 1. The number of furan rings is 1. The van der Waals surface area contributed by atoms with Crippen molar-refractivity contribution in [3.63, 3.8) is 0 Å². The van der Waals surface area contributed by atoms with E-state index >= 15 is 0 Å². The number of amides is 1. The second-order valence-electron chi connectivity index (χ2n) is 5.37. The van der Waals surface area contributed by atoms with Crippen molar-refractivity contribution < 1.29 is 9.21 Å². The van der Waals surface area contributed by atoms with Crippen LogP contribution in [0.25, 0.3) is 11.1 Å². The lowest BCUT2D eigenvalue weighted by molar-refractivity contribution is 0.0941. The summed E-state index contributed by atoms with van der Waals surface area (Å²) >= 11 is 0. The molecule has 0 fully saturated rings. The monoisotopic (exact) mass is 296 g/mol. The average molecular weight is 296 g/mol. The summed E-state index contributed by atoms with van der Waals surface area (Å²) in [6.45, 7) is 3.50. The molecule has 2 heterocycles. The Morgan fingerprint density at radius 2 is 2.05 bits per heavy atom. The molecular formula is C18H20N2O2. The summed E-state index contributed by atoms with van der Waals surface area (Å²) in [7, 11) is 0. The fourth-order valence-electron chi connectivity index (χ4n) is 2.59. The number of carbonyl (C=O) groups is 1. The Morgan fingerprint density at radius 1 is 1.23 bits per heavy atom. The summed E-state index contributed by atoms with van der Waals surface area (Å²) in [5.41, 5.74) is 3.50. The minimum absolute atomic E-state index is 0.0636. The average Bonchev–Trinajstić information content (AvgIpc) is 3.13. The predicted molar refractivity (Wildman–Crippen MR) is 86.7 cm³/mol. The Balaban J connectivity index is 1.79. The Bertz CT molecular complexity index is 756. The van der Waals surface area contributed by atoms with E-state index < -0.39 is 0 Å². The van der Waals surface area contributed by atoms with Crippen molar-refractivity contribution in [3.8, 4) is 0 Å². The first-order valence-corrected chi connectivity index (χ1v) is 7.68. The highest BCUT2D eigenvalue weighted by atomic mass is 16.3. The van der Waals surface area contributed by atoms with Crippen LogP contribution in [-0.4, -0.2) is 10.5 Å². The zero-order chi connectivity index (χ0) is 15.4. The zero-order valence-corrected chi connectivity index (χ0v) is 12.7. The smallest absolute Gasteiger partial charge is 0.268 e. The highest BCUT2D eigenvalue weighted by Crippen LogP contribution is 2.22. The summed E-state index contributed by atoms with van der Waals surface area (Å²) in [5, 5.41) is 2.98. The quantitative estimate of drug-likeness (QED) is 0.748. The van der Waals surface area contributed by atoms with E-state index in [1.54, 1.807) is 6.26 Å². The normalized spacial score (nSPS) is 11.0. The van der Waals surface area contributed by atoms with E-state index in [1.807, 2.05) is 47.0 Å². The molecule has 0 saturated heterocycles. The van der Waals surface area contributed by atoms with E-state index in [0.717, 1.165) is 36.0 Å². The van der Waals surface area contributed by atoms with Crippen LogP contribution in [0.2, 0.25) is 0 Å². The number of hydrogen-bond acceptors (Lipinski definition) is 2. The van der Waals surface area contributed by atoms with Gasteiger partial charge in [-0.25, -0.2) is 0 Å². The molecule has 0 bridgehead atoms. The van der Waals surface area contributed by atoms with Gasteiger partial charge in [-0.05, 0) is 12.0 Å². The Hall–Kier alpha value is -2.49. The van der Waals surface area contributed by atoms with Gasteiger partial charge in [-0.15, -0.1) is 0 Å². The van der Waals surface area contributed by atoms with Crippen molar-refractivity contribution in [2.75, 3.05) is 0 Å². The van der Waals surface area contributed by atoms with Gasteiger partial charge in [-0.1, -0.05) is 43.7 Å². The van der Waals surface area contributed by atoms with Crippen molar-refractivity contribution in [2.24, 2.45) is 0 Å². The van der Waals surface area contributed by atoms with Crippen molar-refractivity contribution in [1.29, 1.82) is 0 Å². The van der Waals surface area contributed by atoms with E-state index in [1.165, 1.54) is 0 Å². The van der Waals surface area contributed by atoms with Crippen LogP contribution < -0.4 is 5.32 Å². The molecule has 0 saturated carbocycles. The molecule has 0 atom stereocenters. The van der Waals surface area contributed by atoms with Gasteiger partial charge >= 0.3 is 0 Å². The number of rotatable bonds is 6. The van der Waals surface area contributed by atoms with Gasteiger partial charge in [-0.2, -0.15) is 0 Å². The van der Waals surface area contributed by atoms with Crippen LogP contribution in [0.15, 0.2) is 53.1 Å². The molecule has 4 heteroatoms. The van der Waals surface area contributed by atoms with Crippen LogP contribution in [0.5, 0.6) is 0 Å². The standard InChI is InChI=1S/C18H20N2O2/c1-2-3-10-20-15-9-11-22-17(15)12-16(20)18(21)19-13-14-7-5-4-6-8-14/h4-9,11-12H,2-3,10,13H2,1H3,(H,19,21). The summed E-state index contributed by atoms with van der Waals surface area (Å²) in [6, 6.07) is 13.7. The predicted octanol–water partition coefficient (Wildman–Crippen LogP) is 3.96. The molecule has 2 aromatic heterocycles. The number of aryl methyl sites for hydroxylation is 1. The third-order valence-electron chi connectivity index (χ3n) is 3.79. The maximum Gasteiger partial charge on any atom is 0.268 e. The highest BCUT2D eigenvalue weighted by Gasteiger charge is 2.16. The lowest BCUT2D eigenvalue weighted by atomic mass is 10.2. The fourth-order valence-corrected chi connectivity index (χ4v) is 2.59. The molecule has 1 aromatic carbocycles. The van der Waals surface area contributed by atoms with Crippen LogP contribution in [0, 0.1) is 0 Å². The minimum atomic E-state index is -0.0636. The number of nitrogens with one attached hydrogen (secondary N) is 1. The molecule has 0 aliphatic heterocycles. The largest absolute Gasteiger partial charge is 0.463 e. The van der Waals surface area contributed by atoms with Crippen LogP contribution in [0.3, 0.4) is 0 Å². The molecule has 1 amide bonds. The Morgan fingerprint density at radius 3 is 2.82 bits per heavy atom. The maximum atomic E-state index is 12.5. The third-order valence-corrected chi connectivity index (χ3v) is 3.79. The van der Waals surface area contributed by atoms with Gasteiger partial charge in [0.2, 0.25) is 0 Å². The summed E-state index contributed by atoms with van der Waals surface area (Å²) in [5.74, 6) is -0.0636. The summed E-state index contributed by atoms with van der Waals surface area (Å²) in [6.07, 6.45) is 3.79. The van der Waals surface area contributed by atoms with Gasteiger partial charge in [0.05, 0.1) is 11.8 Å². The van der Waals surface area contributed by atoms with Crippen molar-refractivity contribution in [3.05, 3.63) is 60.0 Å². The molecule has 0 aliphatic rings. The van der Waals surface area contributed by atoms with E-state index in [2.05, 4.69) is 12.2 Å². The van der Waals surface area contributed by atoms with Crippen LogP contribution in [0.1, 0.15) is 35.8 Å². The van der Waals surface area contributed by atoms with Gasteiger partial charge in [0.15, 0.2) is 5.58 Å². The second kappa shape index (κ2) is 6.52. The molecule has 114 valence electrons. The van der Waals surface area contributed by atoms with E-state index in [0.29, 0.717) is 12.2 Å². The number of hydrogen-bond donors (Lipinski definition) is 1. The summed E-state index contributed by atoms with van der Waals surface area (Å²) in [4.78, 5) is 12.5. The van der Waals surface area contributed by atoms with E-state index in [-0.39, 0.29) is 5.91 Å². The fraction of sp³-hybridized carbons (Fsp3) is 0.278. The molecule has 22 heavy (non-hydrogen) atoms. The molecule has 3 aromatic rings. The first kappa shape index (κ1) is 14.4. The Labute approximate surface area is 129 Å². The van der Waals surface area contributed by atoms with Crippen molar-refractivity contribution >= 4 is 17.0 Å². The van der Waals surface area contributed by atoms with Gasteiger partial charge in [0.1, 0.15) is 5.69 Å². The minimum Gasteiger partial charge on any atom is -0.463 e. The molecule has 3 rings (SSSR count). The molecule has 0 radical (unpaired) electrons. The lowest BCUT2D eigenvalue weighted by Gasteiger charge is -2.10. The summed E-state index contributed by atoms with van der Waals surface area (Å²) < 4.78 is 7.48. The topological polar surface area (TPSA) is 47.2 Å². The molecule has 0 unspecified atom stereocenters. The molecule has 0 aliphatic carbocycles. The maximum absolute atomic E-state index is 12.5. The van der Waals surface area contributed by atoms with Crippen LogP contribution >= 0.6 is 0 Å². The van der Waals surface area contributed by atoms with Gasteiger partial charge in [0, 0.05) is 25.2 Å². The van der Waals surface area contributed by atoms with Gasteiger partial charge < -0.3 is 14.3 Å². The SMILES string of the molecule is CCCCn1c(C(=O)NCc2ccccc2)cc2occc21. The zero-order valence-electron chi connectivity index (χ0n) is 12.7. The number of fused-ring (bicyclic) bond motifs is 1. The molecular weight excluding hydrogens is 276 g/mol.